The van der Waals surface area contributed by atoms with E-state index >= 15 is 0 Å². The van der Waals surface area contributed by atoms with Gasteiger partial charge in [0.25, 0.3) is 5.56 Å². The molecule has 1 aromatic carbocycles. The summed E-state index contributed by atoms with van der Waals surface area (Å²) in [4.78, 5) is 35.0. The molecular weight excluding hydrogens is 418 g/mol. The number of aryl methyl sites for hydroxylation is 4. The van der Waals surface area contributed by atoms with Crippen LogP contribution < -0.4 is 11.2 Å². The van der Waals surface area contributed by atoms with Crippen LogP contribution in [0.25, 0.3) is 23.0 Å². The molecule has 5 aromatic rings. The molecule has 168 valence electrons. The van der Waals surface area contributed by atoms with Crippen molar-refractivity contribution in [3.63, 3.8) is 0 Å². The minimum atomic E-state index is -0.380. The smallest absolute Gasteiger partial charge is 0.332 e. The molecule has 0 saturated heterocycles. The summed E-state index contributed by atoms with van der Waals surface area (Å²) < 4.78 is 8.62. The van der Waals surface area contributed by atoms with E-state index in [9.17, 15) is 9.59 Å². The maximum absolute atomic E-state index is 13.3. The van der Waals surface area contributed by atoms with E-state index in [-0.39, 0.29) is 17.8 Å². The van der Waals surface area contributed by atoms with Gasteiger partial charge in [-0.1, -0.05) is 42.5 Å². The number of fused-ring (bicyclic) bond motifs is 3. The molecule has 9 heteroatoms. The van der Waals surface area contributed by atoms with Gasteiger partial charge in [0.05, 0.1) is 6.33 Å². The average Bonchev–Trinajstić information content (AvgIpc) is 3.53. The molecule has 5 rings (SSSR count). The number of rotatable bonds is 7. The van der Waals surface area contributed by atoms with Crippen LogP contribution in [0.4, 0.5) is 0 Å². The van der Waals surface area contributed by atoms with Crippen LogP contribution in [-0.4, -0.2) is 32.6 Å². The van der Waals surface area contributed by atoms with Crippen LogP contribution >= 0.6 is 0 Å². The van der Waals surface area contributed by atoms with Crippen molar-refractivity contribution in [3.05, 3.63) is 93.4 Å². The maximum atomic E-state index is 13.3. The van der Waals surface area contributed by atoms with E-state index in [0.29, 0.717) is 16.9 Å². The Labute approximate surface area is 189 Å². The number of nitrogens with zero attached hydrogens (tertiary/aromatic N) is 7. The standard InChI is InChI=1S/C24H25N7O2/c1-18-16-31-20-21(26-23(31)29(18)14-7-12-28-15-11-25-17-28)27(2)24(33)30(22(20)32)13-6-10-19-8-4-3-5-9-19/h3-6,8-11,15-17H,7,12-14H2,1-2H3/b10-6+. The van der Waals surface area contributed by atoms with Gasteiger partial charge in [0.15, 0.2) is 11.2 Å². The minimum absolute atomic E-state index is 0.189. The van der Waals surface area contributed by atoms with Gasteiger partial charge in [-0.25, -0.2) is 9.78 Å². The van der Waals surface area contributed by atoms with Gasteiger partial charge in [-0.15, -0.1) is 0 Å². The van der Waals surface area contributed by atoms with Crippen molar-refractivity contribution in [2.75, 3.05) is 0 Å². The van der Waals surface area contributed by atoms with Gasteiger partial charge in [0.2, 0.25) is 5.78 Å². The SMILES string of the molecule is Cc1cn2c3c(=O)n(C/C=C/c4ccccc4)c(=O)n(C)c3nc2n1CCCn1ccnc1. The summed E-state index contributed by atoms with van der Waals surface area (Å²) in [5.74, 6) is 0.665. The molecule has 4 heterocycles. The molecule has 9 nitrogen and oxygen atoms in total. The van der Waals surface area contributed by atoms with Gasteiger partial charge in [-0.2, -0.15) is 4.98 Å². The number of aromatic nitrogens is 7. The number of imidazole rings is 3. The van der Waals surface area contributed by atoms with Gasteiger partial charge in [-0.3, -0.25) is 18.3 Å². The average molecular weight is 444 g/mol. The van der Waals surface area contributed by atoms with E-state index in [0.717, 1.165) is 30.8 Å². The third kappa shape index (κ3) is 3.71. The summed E-state index contributed by atoms with van der Waals surface area (Å²) in [6.45, 7) is 3.77. The summed E-state index contributed by atoms with van der Waals surface area (Å²) in [5, 5.41) is 0. The topological polar surface area (TPSA) is 84.0 Å². The second kappa shape index (κ2) is 8.42. The van der Waals surface area contributed by atoms with Gasteiger partial charge in [0, 0.05) is 51.0 Å². The van der Waals surface area contributed by atoms with Gasteiger partial charge >= 0.3 is 5.69 Å². The summed E-state index contributed by atoms with van der Waals surface area (Å²) in [7, 11) is 1.66. The zero-order valence-electron chi connectivity index (χ0n) is 18.6. The predicted molar refractivity (Wildman–Crippen MR) is 127 cm³/mol. The molecule has 0 aliphatic heterocycles. The zero-order valence-corrected chi connectivity index (χ0v) is 18.6. The van der Waals surface area contributed by atoms with Crippen LogP contribution in [0.5, 0.6) is 0 Å². The van der Waals surface area contributed by atoms with E-state index in [1.807, 2.05) is 66.4 Å². The highest BCUT2D eigenvalue weighted by Gasteiger charge is 2.19. The van der Waals surface area contributed by atoms with Crippen LogP contribution in [-0.2, 0) is 26.7 Å². The Bertz CT molecular complexity index is 1560. The Morgan fingerprint density at radius 1 is 1.06 bits per heavy atom. The van der Waals surface area contributed by atoms with Crippen LogP contribution in [0, 0.1) is 6.92 Å². The van der Waals surface area contributed by atoms with E-state index in [2.05, 4.69) is 14.5 Å². The third-order valence-electron chi connectivity index (χ3n) is 5.90. The van der Waals surface area contributed by atoms with Crippen molar-refractivity contribution >= 4 is 23.0 Å². The lowest BCUT2D eigenvalue weighted by Gasteiger charge is -2.06. The first-order valence-corrected chi connectivity index (χ1v) is 10.9. The maximum Gasteiger partial charge on any atom is 0.332 e. The number of allylic oxidation sites excluding steroid dienone is 1. The van der Waals surface area contributed by atoms with Crippen molar-refractivity contribution in [1.82, 2.24) is 32.6 Å². The molecule has 0 bridgehead atoms. The van der Waals surface area contributed by atoms with Crippen molar-refractivity contribution in [3.8, 4) is 0 Å². The molecular formula is C24H25N7O2. The van der Waals surface area contributed by atoms with E-state index < -0.39 is 0 Å². The first-order valence-electron chi connectivity index (χ1n) is 10.9. The Morgan fingerprint density at radius 3 is 2.64 bits per heavy atom. The molecule has 0 amide bonds. The number of benzene rings is 1. The molecule has 0 aliphatic rings. The van der Waals surface area contributed by atoms with Crippen molar-refractivity contribution in [2.45, 2.75) is 33.0 Å². The second-order valence-electron chi connectivity index (χ2n) is 8.10. The molecule has 0 aliphatic carbocycles. The third-order valence-corrected chi connectivity index (χ3v) is 5.90. The summed E-state index contributed by atoms with van der Waals surface area (Å²) in [6.07, 6.45) is 12.0. The molecule has 33 heavy (non-hydrogen) atoms. The Kier molecular flexibility index (Phi) is 5.29. The largest absolute Gasteiger partial charge is 0.337 e. The Morgan fingerprint density at radius 2 is 1.88 bits per heavy atom. The molecule has 0 radical (unpaired) electrons. The normalized spacial score (nSPS) is 11.9. The lowest BCUT2D eigenvalue weighted by atomic mass is 10.2. The molecule has 4 aromatic heterocycles. The van der Waals surface area contributed by atoms with E-state index in [4.69, 9.17) is 0 Å². The summed E-state index contributed by atoms with van der Waals surface area (Å²) >= 11 is 0. The molecule has 0 atom stereocenters. The minimum Gasteiger partial charge on any atom is -0.337 e. The highest BCUT2D eigenvalue weighted by Crippen LogP contribution is 2.17. The second-order valence-corrected chi connectivity index (χ2v) is 8.10. The van der Waals surface area contributed by atoms with E-state index in [1.54, 1.807) is 24.0 Å². The van der Waals surface area contributed by atoms with Crippen LogP contribution in [0.3, 0.4) is 0 Å². The highest BCUT2D eigenvalue weighted by atomic mass is 16.2. The van der Waals surface area contributed by atoms with E-state index in [1.165, 1.54) is 9.13 Å². The molecule has 0 saturated carbocycles. The molecule has 0 spiro atoms. The number of hydrogen-bond acceptors (Lipinski definition) is 4. The van der Waals surface area contributed by atoms with Crippen LogP contribution in [0.15, 0.2) is 70.9 Å². The fraction of sp³-hybridized carbons (Fsp3) is 0.250. The van der Waals surface area contributed by atoms with Gasteiger partial charge in [-0.05, 0) is 18.9 Å². The van der Waals surface area contributed by atoms with Crippen molar-refractivity contribution < 1.29 is 0 Å². The van der Waals surface area contributed by atoms with Gasteiger partial charge in [0.1, 0.15) is 0 Å². The Hall–Kier alpha value is -4.14. The lowest BCUT2D eigenvalue weighted by molar-refractivity contribution is 0.564. The fourth-order valence-corrected chi connectivity index (χ4v) is 4.18. The molecule has 0 unspecified atom stereocenters. The van der Waals surface area contributed by atoms with Crippen LogP contribution in [0.1, 0.15) is 17.7 Å². The Balaban J connectivity index is 1.52. The summed E-state index contributed by atoms with van der Waals surface area (Å²) in [6, 6.07) is 9.78. The van der Waals surface area contributed by atoms with Crippen LogP contribution in [0.2, 0.25) is 0 Å². The zero-order chi connectivity index (χ0) is 22.9. The number of hydrogen-bond donors (Lipinski definition) is 0. The molecule has 0 N–H and O–H groups in total. The van der Waals surface area contributed by atoms with Gasteiger partial charge < -0.3 is 9.13 Å². The first-order chi connectivity index (χ1) is 16.0. The summed E-state index contributed by atoms with van der Waals surface area (Å²) in [5.41, 5.74) is 2.11. The highest BCUT2D eigenvalue weighted by molar-refractivity contribution is 5.75. The first kappa shape index (κ1) is 20.7. The molecule has 0 fully saturated rings. The van der Waals surface area contributed by atoms with Crippen molar-refractivity contribution in [2.24, 2.45) is 7.05 Å². The van der Waals surface area contributed by atoms with Crippen molar-refractivity contribution in [1.29, 1.82) is 0 Å². The quantitative estimate of drug-likeness (QED) is 0.387. The fourth-order valence-electron chi connectivity index (χ4n) is 4.18. The monoisotopic (exact) mass is 443 g/mol. The predicted octanol–water partition coefficient (Wildman–Crippen LogP) is 2.46. The lowest BCUT2D eigenvalue weighted by Crippen LogP contribution is -2.39.